The maximum atomic E-state index is 9.55. The van der Waals surface area contributed by atoms with Gasteiger partial charge in [-0.25, -0.2) is 0 Å². The molecule has 2 N–H and O–H groups in total. The van der Waals surface area contributed by atoms with Crippen LogP contribution in [0.2, 0.25) is 0 Å². The molecule has 1 unspecified atom stereocenters. The van der Waals surface area contributed by atoms with Gasteiger partial charge in [0.05, 0.1) is 7.11 Å². The molecule has 0 amide bonds. The van der Waals surface area contributed by atoms with E-state index in [9.17, 15) is 5.21 Å². The number of hydrogen-bond acceptors (Lipinski definition) is 3. The molecule has 0 aromatic heterocycles. The monoisotopic (exact) mass is 193 g/mol. The van der Waals surface area contributed by atoms with Gasteiger partial charge in [0.2, 0.25) is 0 Å². The summed E-state index contributed by atoms with van der Waals surface area (Å²) in [4.78, 5) is 4.46. The van der Waals surface area contributed by atoms with Gasteiger partial charge in [0.15, 0.2) is 6.54 Å². The first-order valence-electron chi connectivity index (χ1n) is 3.55. The number of hydrogen-bond donors (Lipinski definition) is 2. The van der Waals surface area contributed by atoms with Gasteiger partial charge in [-0.05, 0) is 4.81 Å². The molecule has 12 heavy (non-hydrogen) atoms. The predicted octanol–water partition coefficient (Wildman–Crippen LogP) is 1.16. The molecule has 0 radical (unpaired) electrons. The highest BCUT2D eigenvalue weighted by Gasteiger charge is 2.29. The van der Waals surface area contributed by atoms with Crippen molar-refractivity contribution in [3.63, 3.8) is 0 Å². The molecular weight excluding hydrogens is 180 g/mol. The third kappa shape index (κ3) is 2.57. The Balaban J connectivity index is 0.00000121. The summed E-state index contributed by atoms with van der Waals surface area (Å²) in [5, 5.41) is 16.5. The topological polar surface area (TPSA) is 53.3 Å². The third-order valence-corrected chi connectivity index (χ3v) is 1.84. The lowest BCUT2D eigenvalue weighted by molar-refractivity contribution is -1.24. The summed E-state index contributed by atoms with van der Waals surface area (Å²) < 4.78 is 0. The smallest absolute Gasteiger partial charge is 0.168 e. The van der Waals surface area contributed by atoms with Crippen LogP contribution in [0.15, 0.2) is 11.6 Å². The molecule has 1 atom stereocenters. The summed E-state index contributed by atoms with van der Waals surface area (Å²) in [5.74, 6) is 0. The Bertz CT molecular complexity index is 196. The fraction of sp³-hybridized carbons (Fsp3) is 0.571. The second kappa shape index (κ2) is 4.57. The molecule has 1 rings (SSSR count). The van der Waals surface area contributed by atoms with Gasteiger partial charge < -0.3 is 5.41 Å². The Labute approximate surface area is 77.9 Å². The second-order valence-corrected chi connectivity index (χ2v) is 2.62. The fourth-order valence-corrected chi connectivity index (χ4v) is 1.14. The fourth-order valence-electron chi connectivity index (χ4n) is 1.14. The van der Waals surface area contributed by atoms with E-state index in [2.05, 4.69) is 0 Å². The Morgan fingerprint density at radius 1 is 1.75 bits per heavy atom. The first-order valence-corrected chi connectivity index (χ1v) is 3.55. The quantitative estimate of drug-likeness (QED) is 0.511. The molecule has 0 saturated carbocycles. The molecule has 70 valence electrons. The summed E-state index contributed by atoms with van der Waals surface area (Å²) in [6, 6.07) is 0. The minimum Gasteiger partial charge on any atom is -0.308 e. The number of nitrogens with zero attached hydrogens (tertiary/aromatic N) is 1. The highest BCUT2D eigenvalue weighted by atomic mass is 35.5. The van der Waals surface area contributed by atoms with E-state index in [1.165, 1.54) is 13.3 Å². The van der Waals surface area contributed by atoms with Crippen LogP contribution in [0.5, 0.6) is 0 Å². The van der Waals surface area contributed by atoms with Gasteiger partial charge in [0.25, 0.3) is 0 Å². The van der Waals surface area contributed by atoms with Crippen LogP contribution in [-0.4, -0.2) is 36.4 Å². The van der Waals surface area contributed by atoms with Gasteiger partial charge in [-0.1, -0.05) is 6.08 Å². The first-order chi connectivity index (χ1) is 5.20. The molecule has 4 nitrogen and oxygen atoms in total. The first kappa shape index (κ1) is 11.6. The minimum atomic E-state index is -0.402. The van der Waals surface area contributed by atoms with E-state index in [1.807, 2.05) is 6.08 Å². The van der Waals surface area contributed by atoms with Crippen molar-refractivity contribution in [2.75, 3.05) is 20.2 Å². The van der Waals surface area contributed by atoms with Crippen molar-refractivity contribution in [1.82, 2.24) is 0 Å². The molecule has 0 aliphatic carbocycles. The van der Waals surface area contributed by atoms with E-state index in [4.69, 9.17) is 10.2 Å². The second-order valence-electron chi connectivity index (χ2n) is 2.62. The standard InChI is InChI=1S/C7H13N2O2.ClH/c1-11-9(10)4-2-3-7(5-8)6-9;/h3,5,8,10H,2,4,6H2,1H3;1H/q+1;. The number of halogens is 1. The van der Waals surface area contributed by atoms with Crippen LogP contribution in [0.4, 0.5) is 0 Å². The highest BCUT2D eigenvalue weighted by Crippen LogP contribution is 2.14. The average Bonchev–Trinajstić information content (AvgIpc) is 2.05. The molecular formula is C7H14ClN2O2+. The van der Waals surface area contributed by atoms with Crippen LogP contribution in [0.25, 0.3) is 0 Å². The number of rotatable bonds is 2. The van der Waals surface area contributed by atoms with E-state index in [0.717, 1.165) is 12.0 Å². The predicted molar refractivity (Wildman–Crippen MR) is 47.5 cm³/mol. The summed E-state index contributed by atoms with van der Waals surface area (Å²) >= 11 is 0. The normalized spacial score (nSPS) is 28.7. The van der Waals surface area contributed by atoms with E-state index >= 15 is 0 Å². The maximum absolute atomic E-state index is 9.55. The third-order valence-electron chi connectivity index (χ3n) is 1.84. The van der Waals surface area contributed by atoms with Crippen molar-refractivity contribution in [1.29, 1.82) is 5.41 Å². The van der Waals surface area contributed by atoms with Gasteiger partial charge in [0.1, 0.15) is 6.54 Å². The van der Waals surface area contributed by atoms with E-state index in [1.54, 1.807) is 0 Å². The zero-order chi connectivity index (χ0) is 8.32. The Morgan fingerprint density at radius 3 is 2.92 bits per heavy atom. The van der Waals surface area contributed by atoms with Crippen LogP contribution >= 0.6 is 12.4 Å². The Kier molecular flexibility index (Phi) is 4.41. The SMILES string of the molecule is CO[N+]1(O)CCC=C(C=N)C1.Cl. The van der Waals surface area contributed by atoms with Crippen LogP contribution in [0.1, 0.15) is 6.42 Å². The zero-order valence-corrected chi connectivity index (χ0v) is 7.80. The molecule has 0 fully saturated rings. The largest absolute Gasteiger partial charge is 0.308 e. The van der Waals surface area contributed by atoms with Crippen LogP contribution in [-0.2, 0) is 4.84 Å². The van der Waals surface area contributed by atoms with E-state index in [-0.39, 0.29) is 12.4 Å². The molecule has 1 heterocycles. The van der Waals surface area contributed by atoms with Crippen molar-refractivity contribution in [2.45, 2.75) is 6.42 Å². The van der Waals surface area contributed by atoms with E-state index in [0.29, 0.717) is 13.1 Å². The lowest BCUT2D eigenvalue weighted by atomic mass is 10.1. The van der Waals surface area contributed by atoms with Gasteiger partial charge in [-0.3, -0.25) is 0 Å². The van der Waals surface area contributed by atoms with Crippen LogP contribution in [0, 0.1) is 5.41 Å². The number of quaternary nitrogens is 1. The molecule has 5 heteroatoms. The Morgan fingerprint density at radius 2 is 2.42 bits per heavy atom. The lowest BCUT2D eigenvalue weighted by Crippen LogP contribution is -2.47. The van der Waals surface area contributed by atoms with Crippen molar-refractivity contribution >= 4 is 18.6 Å². The molecule has 0 spiro atoms. The molecule has 1 aliphatic rings. The zero-order valence-electron chi connectivity index (χ0n) is 6.99. The lowest BCUT2D eigenvalue weighted by Gasteiger charge is -2.28. The Hall–Kier alpha value is -0.420. The molecule has 0 saturated heterocycles. The summed E-state index contributed by atoms with van der Waals surface area (Å²) in [6.07, 6.45) is 3.95. The highest BCUT2D eigenvalue weighted by molar-refractivity contribution is 5.85. The van der Waals surface area contributed by atoms with Crippen molar-refractivity contribution in [2.24, 2.45) is 0 Å². The van der Waals surface area contributed by atoms with Gasteiger partial charge >= 0.3 is 0 Å². The van der Waals surface area contributed by atoms with Gasteiger partial charge in [0, 0.05) is 18.2 Å². The molecule has 0 aromatic carbocycles. The van der Waals surface area contributed by atoms with E-state index < -0.39 is 4.81 Å². The minimum absolute atomic E-state index is 0. The summed E-state index contributed by atoms with van der Waals surface area (Å²) in [7, 11) is 1.47. The van der Waals surface area contributed by atoms with Crippen molar-refractivity contribution in [3.8, 4) is 0 Å². The summed E-state index contributed by atoms with van der Waals surface area (Å²) in [5.41, 5.74) is 0.820. The van der Waals surface area contributed by atoms with Crippen molar-refractivity contribution < 1.29 is 14.9 Å². The summed E-state index contributed by atoms with van der Waals surface area (Å²) in [6.45, 7) is 0.938. The molecule has 0 bridgehead atoms. The maximum Gasteiger partial charge on any atom is 0.168 e. The van der Waals surface area contributed by atoms with Crippen LogP contribution < -0.4 is 0 Å². The molecule has 0 aromatic rings. The van der Waals surface area contributed by atoms with Gasteiger partial charge in [-0.2, -0.15) is 10.0 Å². The number of nitrogens with one attached hydrogen (secondary N) is 1. The van der Waals surface area contributed by atoms with Gasteiger partial charge in [-0.15, -0.1) is 12.4 Å². The number of hydroxylamine groups is 4. The van der Waals surface area contributed by atoms with Crippen molar-refractivity contribution in [3.05, 3.63) is 11.6 Å². The molecule has 1 aliphatic heterocycles. The van der Waals surface area contributed by atoms with Crippen LogP contribution in [0.3, 0.4) is 0 Å². The average molecular weight is 194 g/mol.